The van der Waals surface area contributed by atoms with Crippen LogP contribution in [0.2, 0.25) is 0 Å². The van der Waals surface area contributed by atoms with Crippen LogP contribution in [0.1, 0.15) is 28.1 Å². The number of aromatic nitrogens is 3. The number of aryl methyl sites for hydroxylation is 2. The van der Waals surface area contributed by atoms with Crippen molar-refractivity contribution in [2.24, 2.45) is 0 Å². The molecule has 0 atom stereocenters. The maximum absolute atomic E-state index is 4.54. The molecule has 0 aliphatic carbocycles. The molecule has 4 aromatic rings. The van der Waals surface area contributed by atoms with Crippen LogP contribution in [-0.4, -0.2) is 14.8 Å². The Bertz CT molecular complexity index is 1020. The molecule has 0 bridgehead atoms. The number of hydrogen-bond acceptors (Lipinski definition) is 3. The lowest BCUT2D eigenvalue weighted by Gasteiger charge is -2.11. The van der Waals surface area contributed by atoms with E-state index in [2.05, 4.69) is 101 Å². The van der Waals surface area contributed by atoms with Crippen molar-refractivity contribution in [2.75, 3.05) is 0 Å². The van der Waals surface area contributed by atoms with Crippen LogP contribution in [-0.2, 0) is 25.1 Å². The Balaban J connectivity index is 1.53. The molecular weight excluding hydrogens is 374 g/mol. The average molecular weight is 400 g/mol. The van der Waals surface area contributed by atoms with E-state index in [1.807, 2.05) is 6.07 Å². The normalized spacial score (nSPS) is 10.9. The molecule has 3 nitrogen and oxygen atoms in total. The lowest BCUT2D eigenvalue weighted by molar-refractivity contribution is 0.609. The standard InChI is InChI=1S/C25H25N3S/c1-20-12-14-21(15-13-20)16-17-28-24(18-22-8-4-2-5-9-22)26-27-25(28)29-19-23-10-6-3-7-11-23/h2-15H,16-19H2,1H3. The van der Waals surface area contributed by atoms with Crippen LogP contribution < -0.4 is 0 Å². The molecule has 0 saturated heterocycles. The van der Waals surface area contributed by atoms with Gasteiger partial charge in [-0.2, -0.15) is 0 Å². The highest BCUT2D eigenvalue weighted by molar-refractivity contribution is 7.98. The van der Waals surface area contributed by atoms with E-state index in [-0.39, 0.29) is 0 Å². The molecule has 0 radical (unpaired) electrons. The first-order chi connectivity index (χ1) is 14.3. The minimum atomic E-state index is 0.799. The summed E-state index contributed by atoms with van der Waals surface area (Å²) in [5, 5.41) is 10.1. The number of nitrogens with zero attached hydrogens (tertiary/aromatic N) is 3. The zero-order valence-electron chi connectivity index (χ0n) is 16.7. The van der Waals surface area contributed by atoms with Gasteiger partial charge in [-0.15, -0.1) is 10.2 Å². The van der Waals surface area contributed by atoms with Gasteiger partial charge in [0.2, 0.25) is 0 Å². The Hall–Kier alpha value is -2.85. The van der Waals surface area contributed by atoms with E-state index in [0.717, 1.165) is 36.1 Å². The van der Waals surface area contributed by atoms with Crippen molar-refractivity contribution in [3.8, 4) is 0 Å². The Morgan fingerprint density at radius 3 is 2.07 bits per heavy atom. The molecule has 0 saturated carbocycles. The zero-order chi connectivity index (χ0) is 19.9. The van der Waals surface area contributed by atoms with Gasteiger partial charge in [0.25, 0.3) is 0 Å². The van der Waals surface area contributed by atoms with Crippen LogP contribution in [0.25, 0.3) is 0 Å². The highest BCUT2D eigenvalue weighted by Gasteiger charge is 2.13. The van der Waals surface area contributed by atoms with Gasteiger partial charge in [-0.25, -0.2) is 0 Å². The second-order valence-electron chi connectivity index (χ2n) is 7.22. The van der Waals surface area contributed by atoms with Gasteiger partial charge >= 0.3 is 0 Å². The fourth-order valence-electron chi connectivity index (χ4n) is 3.28. The van der Waals surface area contributed by atoms with Crippen LogP contribution in [0.15, 0.2) is 90.1 Å². The van der Waals surface area contributed by atoms with E-state index in [0.29, 0.717) is 0 Å². The Morgan fingerprint density at radius 1 is 0.724 bits per heavy atom. The molecule has 4 heteroatoms. The maximum Gasteiger partial charge on any atom is 0.191 e. The predicted molar refractivity (Wildman–Crippen MR) is 120 cm³/mol. The Morgan fingerprint density at radius 2 is 1.38 bits per heavy atom. The van der Waals surface area contributed by atoms with Crippen LogP contribution in [0.3, 0.4) is 0 Å². The SMILES string of the molecule is Cc1ccc(CCn2c(Cc3ccccc3)nnc2SCc2ccccc2)cc1. The summed E-state index contributed by atoms with van der Waals surface area (Å²) in [5.74, 6) is 1.92. The third-order valence-electron chi connectivity index (χ3n) is 4.95. The molecule has 3 aromatic carbocycles. The van der Waals surface area contributed by atoms with Crippen molar-refractivity contribution in [1.82, 2.24) is 14.8 Å². The maximum atomic E-state index is 4.54. The molecule has 0 spiro atoms. The lowest BCUT2D eigenvalue weighted by Crippen LogP contribution is -2.08. The van der Waals surface area contributed by atoms with Crippen molar-refractivity contribution in [1.29, 1.82) is 0 Å². The van der Waals surface area contributed by atoms with Gasteiger partial charge in [0.05, 0.1) is 0 Å². The van der Waals surface area contributed by atoms with Gasteiger partial charge < -0.3 is 4.57 Å². The second kappa shape index (κ2) is 9.57. The summed E-state index contributed by atoms with van der Waals surface area (Å²) in [5.41, 5.74) is 5.20. The topological polar surface area (TPSA) is 30.7 Å². The van der Waals surface area contributed by atoms with Gasteiger partial charge in [0.1, 0.15) is 5.82 Å². The highest BCUT2D eigenvalue weighted by Crippen LogP contribution is 2.23. The monoisotopic (exact) mass is 399 g/mol. The van der Waals surface area contributed by atoms with E-state index < -0.39 is 0 Å². The minimum Gasteiger partial charge on any atom is -0.305 e. The van der Waals surface area contributed by atoms with Gasteiger partial charge in [-0.05, 0) is 30.0 Å². The summed E-state index contributed by atoms with van der Waals surface area (Å²) in [4.78, 5) is 0. The summed E-state index contributed by atoms with van der Waals surface area (Å²) in [6.45, 7) is 3.01. The van der Waals surface area contributed by atoms with E-state index >= 15 is 0 Å². The van der Waals surface area contributed by atoms with Crippen LogP contribution in [0.4, 0.5) is 0 Å². The molecular formula is C25H25N3S. The zero-order valence-corrected chi connectivity index (χ0v) is 17.5. The smallest absolute Gasteiger partial charge is 0.191 e. The van der Waals surface area contributed by atoms with Gasteiger partial charge in [0.15, 0.2) is 5.16 Å². The third kappa shape index (κ3) is 5.36. The molecule has 146 valence electrons. The van der Waals surface area contributed by atoms with E-state index in [1.165, 1.54) is 22.3 Å². The fraction of sp³-hybridized carbons (Fsp3) is 0.200. The molecule has 0 aliphatic rings. The lowest BCUT2D eigenvalue weighted by atomic mass is 10.1. The third-order valence-corrected chi connectivity index (χ3v) is 5.99. The average Bonchev–Trinajstić information content (AvgIpc) is 3.14. The number of hydrogen-bond donors (Lipinski definition) is 0. The summed E-state index contributed by atoms with van der Waals surface area (Å²) >= 11 is 1.76. The van der Waals surface area contributed by atoms with Crippen LogP contribution in [0, 0.1) is 6.92 Å². The second-order valence-corrected chi connectivity index (χ2v) is 8.17. The highest BCUT2D eigenvalue weighted by atomic mass is 32.2. The van der Waals surface area contributed by atoms with Crippen molar-refractivity contribution in [3.05, 3.63) is 113 Å². The summed E-state index contributed by atoms with van der Waals surface area (Å²) in [7, 11) is 0. The molecule has 0 N–H and O–H groups in total. The molecule has 4 rings (SSSR count). The number of benzene rings is 3. The fourth-order valence-corrected chi connectivity index (χ4v) is 4.22. The minimum absolute atomic E-state index is 0.799. The number of rotatable bonds is 8. The van der Waals surface area contributed by atoms with Crippen molar-refractivity contribution in [3.63, 3.8) is 0 Å². The van der Waals surface area contributed by atoms with Crippen molar-refractivity contribution in [2.45, 2.75) is 37.2 Å². The molecule has 0 fully saturated rings. The van der Waals surface area contributed by atoms with E-state index in [4.69, 9.17) is 0 Å². The molecule has 29 heavy (non-hydrogen) atoms. The van der Waals surface area contributed by atoms with Crippen molar-refractivity contribution >= 4 is 11.8 Å². The van der Waals surface area contributed by atoms with Gasteiger partial charge in [-0.3, -0.25) is 0 Å². The first-order valence-corrected chi connectivity index (χ1v) is 10.9. The first-order valence-electron chi connectivity index (χ1n) is 9.96. The van der Waals surface area contributed by atoms with Crippen molar-refractivity contribution < 1.29 is 0 Å². The van der Waals surface area contributed by atoms with Crippen LogP contribution in [0.5, 0.6) is 0 Å². The largest absolute Gasteiger partial charge is 0.305 e. The quantitative estimate of drug-likeness (QED) is 0.355. The first kappa shape index (κ1) is 19.5. The number of thioether (sulfide) groups is 1. The summed E-state index contributed by atoms with van der Waals surface area (Å²) in [6.07, 6.45) is 1.77. The van der Waals surface area contributed by atoms with E-state index in [9.17, 15) is 0 Å². The van der Waals surface area contributed by atoms with Gasteiger partial charge in [0, 0.05) is 18.7 Å². The molecule has 0 aliphatic heterocycles. The van der Waals surface area contributed by atoms with Crippen LogP contribution >= 0.6 is 11.8 Å². The summed E-state index contributed by atoms with van der Waals surface area (Å²) < 4.78 is 2.29. The van der Waals surface area contributed by atoms with E-state index in [1.54, 1.807) is 11.8 Å². The van der Waals surface area contributed by atoms with Gasteiger partial charge in [-0.1, -0.05) is 102 Å². The molecule has 1 aromatic heterocycles. The molecule has 0 unspecified atom stereocenters. The predicted octanol–water partition coefficient (Wildman–Crippen LogP) is 5.71. The molecule has 1 heterocycles. The Kier molecular flexibility index (Phi) is 6.42. The molecule has 0 amide bonds. The Labute approximate surface area is 176 Å². The summed E-state index contributed by atoms with van der Waals surface area (Å²) in [6, 6.07) is 29.8.